The summed E-state index contributed by atoms with van der Waals surface area (Å²) >= 11 is 0. The van der Waals surface area contributed by atoms with Gasteiger partial charge in [-0.05, 0) is 48.6 Å². The number of aromatic nitrogens is 1. The van der Waals surface area contributed by atoms with Crippen LogP contribution in [0.2, 0.25) is 0 Å². The van der Waals surface area contributed by atoms with Gasteiger partial charge < -0.3 is 20.9 Å². The number of benzene rings is 3. The standard InChI is InChI=1S/C32H35N3O3/c1-23-9-8-14-29(35-23)27-17-15-25(16-18-27)20-31(38-32(33)37)30(36)21-28(19-24-10-4-2-5-11-24)34-22-26-12-6-3-7-13-26/h2-18,28,30-31,34,36H,19-22H2,1H3,(H2,33,37)/t28-,30-,31-/m0/s1. The minimum atomic E-state index is -0.905. The Bertz CT molecular complexity index is 1280. The highest BCUT2D eigenvalue weighted by Gasteiger charge is 2.26. The Morgan fingerprint density at radius 1 is 0.842 bits per heavy atom. The molecule has 0 fully saturated rings. The van der Waals surface area contributed by atoms with Gasteiger partial charge in [0.1, 0.15) is 6.10 Å². The molecule has 0 unspecified atom stereocenters. The fourth-order valence-corrected chi connectivity index (χ4v) is 4.59. The van der Waals surface area contributed by atoms with Crippen LogP contribution in [0.5, 0.6) is 0 Å². The van der Waals surface area contributed by atoms with E-state index in [1.807, 2.05) is 85.8 Å². The smallest absolute Gasteiger partial charge is 0.404 e. The van der Waals surface area contributed by atoms with E-state index >= 15 is 0 Å². The third-order valence-corrected chi connectivity index (χ3v) is 6.56. The minimum Gasteiger partial charge on any atom is -0.443 e. The van der Waals surface area contributed by atoms with Crippen LogP contribution in [0.15, 0.2) is 103 Å². The second-order valence-corrected chi connectivity index (χ2v) is 9.60. The van der Waals surface area contributed by atoms with Crippen molar-refractivity contribution in [2.75, 3.05) is 0 Å². The van der Waals surface area contributed by atoms with Crippen molar-refractivity contribution in [1.29, 1.82) is 0 Å². The molecule has 6 heteroatoms. The number of aliphatic hydroxyl groups is 1. The normalized spacial score (nSPS) is 13.4. The van der Waals surface area contributed by atoms with E-state index in [2.05, 4.69) is 34.6 Å². The van der Waals surface area contributed by atoms with E-state index in [9.17, 15) is 9.90 Å². The van der Waals surface area contributed by atoms with Crippen LogP contribution in [0.25, 0.3) is 11.3 Å². The van der Waals surface area contributed by atoms with E-state index in [1.165, 1.54) is 0 Å². The molecule has 0 radical (unpaired) electrons. The number of nitrogens with one attached hydrogen (secondary N) is 1. The average molecular weight is 510 g/mol. The second-order valence-electron chi connectivity index (χ2n) is 9.60. The second kappa shape index (κ2) is 13.5. The molecule has 4 aromatic rings. The maximum absolute atomic E-state index is 11.7. The molecule has 6 nitrogen and oxygen atoms in total. The Balaban J connectivity index is 1.46. The summed E-state index contributed by atoms with van der Waals surface area (Å²) < 4.78 is 5.41. The van der Waals surface area contributed by atoms with Gasteiger partial charge >= 0.3 is 6.09 Å². The molecule has 4 N–H and O–H groups in total. The molecular weight excluding hydrogens is 474 g/mol. The molecule has 38 heavy (non-hydrogen) atoms. The summed E-state index contributed by atoms with van der Waals surface area (Å²) in [6.07, 6.45) is -1.10. The molecule has 0 saturated heterocycles. The van der Waals surface area contributed by atoms with Crippen LogP contribution < -0.4 is 11.1 Å². The number of ether oxygens (including phenoxy) is 1. The number of aryl methyl sites for hydroxylation is 1. The zero-order valence-corrected chi connectivity index (χ0v) is 21.7. The third-order valence-electron chi connectivity index (χ3n) is 6.56. The van der Waals surface area contributed by atoms with Crippen molar-refractivity contribution in [1.82, 2.24) is 10.3 Å². The van der Waals surface area contributed by atoms with Gasteiger partial charge in [0.25, 0.3) is 0 Å². The predicted molar refractivity (Wildman–Crippen MR) is 150 cm³/mol. The van der Waals surface area contributed by atoms with E-state index in [4.69, 9.17) is 10.5 Å². The molecule has 4 rings (SSSR count). The van der Waals surface area contributed by atoms with Gasteiger partial charge in [0.05, 0.1) is 11.8 Å². The Kier molecular flexibility index (Phi) is 9.62. The summed E-state index contributed by atoms with van der Waals surface area (Å²) in [6, 6.07) is 34.1. The van der Waals surface area contributed by atoms with E-state index in [1.54, 1.807) is 0 Å². The molecule has 1 amide bonds. The van der Waals surface area contributed by atoms with Gasteiger partial charge in [0.15, 0.2) is 0 Å². The number of hydrogen-bond donors (Lipinski definition) is 3. The fourth-order valence-electron chi connectivity index (χ4n) is 4.59. The maximum atomic E-state index is 11.7. The van der Waals surface area contributed by atoms with Gasteiger partial charge in [-0.25, -0.2) is 4.79 Å². The van der Waals surface area contributed by atoms with E-state index in [0.717, 1.165) is 40.1 Å². The highest BCUT2D eigenvalue weighted by molar-refractivity contribution is 5.65. The van der Waals surface area contributed by atoms with Gasteiger partial charge in [-0.15, -0.1) is 0 Å². The van der Waals surface area contributed by atoms with Crippen molar-refractivity contribution in [2.45, 2.75) is 51.0 Å². The Labute approximate surface area is 224 Å². The first kappa shape index (κ1) is 27.0. The number of carbonyl (C=O) groups is 1. The lowest BCUT2D eigenvalue weighted by Gasteiger charge is -2.27. The highest BCUT2D eigenvalue weighted by Crippen LogP contribution is 2.21. The number of hydrogen-bond acceptors (Lipinski definition) is 5. The number of carbonyl (C=O) groups excluding carboxylic acids is 1. The van der Waals surface area contributed by atoms with Crippen LogP contribution in [-0.4, -0.2) is 34.4 Å². The summed E-state index contributed by atoms with van der Waals surface area (Å²) in [5.74, 6) is 0. The zero-order valence-electron chi connectivity index (χ0n) is 21.7. The average Bonchev–Trinajstić information content (AvgIpc) is 2.92. The predicted octanol–water partition coefficient (Wildman–Crippen LogP) is 5.22. The molecule has 0 bridgehead atoms. The Morgan fingerprint density at radius 3 is 2.11 bits per heavy atom. The molecule has 0 aliphatic heterocycles. The molecule has 0 aliphatic rings. The van der Waals surface area contributed by atoms with Gasteiger partial charge in [-0.1, -0.05) is 91.0 Å². The molecule has 1 heterocycles. The monoisotopic (exact) mass is 509 g/mol. The van der Waals surface area contributed by atoms with Gasteiger partial charge in [0.2, 0.25) is 0 Å². The van der Waals surface area contributed by atoms with Gasteiger partial charge in [0, 0.05) is 30.3 Å². The number of pyridine rings is 1. The number of rotatable bonds is 12. The number of nitrogens with two attached hydrogens (primary N) is 1. The summed E-state index contributed by atoms with van der Waals surface area (Å²) in [6.45, 7) is 2.63. The Morgan fingerprint density at radius 2 is 1.47 bits per heavy atom. The Hall–Kier alpha value is -4.00. The topological polar surface area (TPSA) is 97.5 Å². The van der Waals surface area contributed by atoms with Crippen LogP contribution >= 0.6 is 0 Å². The van der Waals surface area contributed by atoms with Crippen LogP contribution in [-0.2, 0) is 24.1 Å². The quantitative estimate of drug-likeness (QED) is 0.243. The molecule has 0 spiro atoms. The lowest BCUT2D eigenvalue weighted by molar-refractivity contribution is -0.00226. The van der Waals surface area contributed by atoms with E-state index < -0.39 is 18.3 Å². The zero-order chi connectivity index (χ0) is 26.7. The van der Waals surface area contributed by atoms with Crippen LogP contribution in [0.1, 0.15) is 28.8 Å². The maximum Gasteiger partial charge on any atom is 0.404 e. The highest BCUT2D eigenvalue weighted by atomic mass is 16.6. The first-order valence-corrected chi connectivity index (χ1v) is 12.9. The lowest BCUT2D eigenvalue weighted by atomic mass is 9.94. The van der Waals surface area contributed by atoms with Crippen molar-refractivity contribution in [3.63, 3.8) is 0 Å². The molecular formula is C32H35N3O3. The van der Waals surface area contributed by atoms with Crippen LogP contribution in [0.4, 0.5) is 4.79 Å². The SMILES string of the molecule is Cc1cccc(-c2ccc(C[C@H](OC(N)=O)[C@@H](O)C[C@H](Cc3ccccc3)NCc3ccccc3)cc2)n1. The molecule has 196 valence electrons. The fraction of sp³-hybridized carbons (Fsp3) is 0.250. The summed E-state index contributed by atoms with van der Waals surface area (Å²) in [7, 11) is 0. The van der Waals surface area contributed by atoms with E-state index in [0.29, 0.717) is 19.4 Å². The number of aliphatic hydroxyl groups excluding tert-OH is 1. The molecule has 3 aromatic carbocycles. The first-order valence-electron chi connectivity index (χ1n) is 12.9. The van der Waals surface area contributed by atoms with Crippen molar-refractivity contribution in [2.24, 2.45) is 5.73 Å². The van der Waals surface area contributed by atoms with E-state index in [-0.39, 0.29) is 6.04 Å². The molecule has 0 aliphatic carbocycles. The van der Waals surface area contributed by atoms with Crippen LogP contribution in [0, 0.1) is 6.92 Å². The third kappa shape index (κ3) is 8.26. The van der Waals surface area contributed by atoms with Crippen molar-refractivity contribution < 1.29 is 14.6 Å². The summed E-state index contributed by atoms with van der Waals surface area (Å²) in [4.78, 5) is 16.3. The van der Waals surface area contributed by atoms with Gasteiger partial charge in [-0.2, -0.15) is 0 Å². The minimum absolute atomic E-state index is 0.0404. The van der Waals surface area contributed by atoms with Crippen LogP contribution in [0.3, 0.4) is 0 Å². The number of nitrogens with zero attached hydrogens (tertiary/aromatic N) is 1. The number of primary amides is 1. The van der Waals surface area contributed by atoms with Crippen molar-refractivity contribution >= 4 is 6.09 Å². The van der Waals surface area contributed by atoms with Crippen molar-refractivity contribution in [3.8, 4) is 11.3 Å². The number of amides is 1. The lowest BCUT2D eigenvalue weighted by Crippen LogP contribution is -2.41. The summed E-state index contributed by atoms with van der Waals surface area (Å²) in [5, 5.41) is 14.8. The molecule has 3 atom stereocenters. The molecule has 0 saturated carbocycles. The van der Waals surface area contributed by atoms with Gasteiger partial charge in [-0.3, -0.25) is 4.98 Å². The first-order chi connectivity index (χ1) is 18.5. The van der Waals surface area contributed by atoms with Crippen molar-refractivity contribution in [3.05, 3.63) is 126 Å². The largest absolute Gasteiger partial charge is 0.443 e. The summed E-state index contributed by atoms with van der Waals surface area (Å²) in [5.41, 5.74) is 11.5. The molecule has 1 aromatic heterocycles.